The fourth-order valence-corrected chi connectivity index (χ4v) is 5.99. The summed E-state index contributed by atoms with van der Waals surface area (Å²) < 4.78 is 29.7. The van der Waals surface area contributed by atoms with Gasteiger partial charge in [-0.2, -0.15) is 0 Å². The number of carboxylic acid groups (broad SMARTS) is 1. The lowest BCUT2D eigenvalue weighted by atomic mass is 9.77. The minimum atomic E-state index is -3.83. The quantitative estimate of drug-likeness (QED) is 0.368. The maximum absolute atomic E-state index is 13.0. The third-order valence-electron chi connectivity index (χ3n) is 6.26. The summed E-state index contributed by atoms with van der Waals surface area (Å²) in [4.78, 5) is 11.2. The van der Waals surface area contributed by atoms with Gasteiger partial charge in [-0.1, -0.05) is 40.2 Å². The number of carbonyl (C=O) groups is 1. The number of fused-ring (bicyclic) bond motifs is 3. The van der Waals surface area contributed by atoms with Gasteiger partial charge in [-0.3, -0.25) is 4.72 Å². The molecule has 1 aliphatic carbocycles. The summed E-state index contributed by atoms with van der Waals surface area (Å²) in [6.45, 7) is 0. The van der Waals surface area contributed by atoms with Crippen LogP contribution in [0.3, 0.4) is 0 Å². The lowest BCUT2D eigenvalue weighted by Gasteiger charge is -2.37. The third-order valence-corrected chi connectivity index (χ3v) is 8.17. The van der Waals surface area contributed by atoms with Gasteiger partial charge in [0.05, 0.1) is 16.5 Å². The summed E-state index contributed by atoms with van der Waals surface area (Å²) >= 11 is 3.49. The van der Waals surface area contributed by atoms with Crippen LogP contribution in [0.4, 0.5) is 11.4 Å². The van der Waals surface area contributed by atoms with Crippen molar-refractivity contribution in [3.8, 4) is 0 Å². The Morgan fingerprint density at radius 1 is 1.03 bits per heavy atom. The van der Waals surface area contributed by atoms with Gasteiger partial charge in [0.25, 0.3) is 10.0 Å². The first-order chi connectivity index (χ1) is 15.8. The van der Waals surface area contributed by atoms with Gasteiger partial charge in [0.15, 0.2) is 0 Å². The lowest BCUT2D eigenvalue weighted by Crippen LogP contribution is -2.29. The molecule has 0 bridgehead atoms. The van der Waals surface area contributed by atoms with E-state index in [9.17, 15) is 13.2 Å². The first-order valence-electron chi connectivity index (χ1n) is 10.5. The van der Waals surface area contributed by atoms with Crippen LogP contribution in [0.1, 0.15) is 39.9 Å². The van der Waals surface area contributed by atoms with Gasteiger partial charge in [0.2, 0.25) is 0 Å². The monoisotopic (exact) mass is 524 g/mol. The second-order valence-corrected chi connectivity index (χ2v) is 10.9. The van der Waals surface area contributed by atoms with E-state index in [-0.39, 0.29) is 22.4 Å². The summed E-state index contributed by atoms with van der Waals surface area (Å²) in [5, 5.41) is 12.6. The molecular formula is C25H21BrN2O4S. The van der Waals surface area contributed by atoms with E-state index in [1.807, 2.05) is 18.2 Å². The molecule has 168 valence electrons. The zero-order valence-corrected chi connectivity index (χ0v) is 19.8. The van der Waals surface area contributed by atoms with Gasteiger partial charge in [0, 0.05) is 21.8 Å². The molecule has 0 spiro atoms. The minimum Gasteiger partial charge on any atom is -0.478 e. The van der Waals surface area contributed by atoms with Crippen LogP contribution < -0.4 is 10.0 Å². The smallest absolute Gasteiger partial charge is 0.335 e. The number of anilines is 2. The number of carboxylic acids is 1. The van der Waals surface area contributed by atoms with Gasteiger partial charge in [-0.15, -0.1) is 0 Å². The number of hydrogen-bond donors (Lipinski definition) is 3. The third kappa shape index (κ3) is 4.16. The first kappa shape index (κ1) is 21.7. The standard InChI is InChI=1S/C25H21BrN2O4S/c26-17-8-4-15(5-9-17)24-21-3-1-2-20(21)22-14-19(12-13-23(22)27-24)33(31,32)28-18-10-6-16(7-11-18)25(29)30/h1-2,4-14,20-21,24,27-28H,3H2,(H,29,30)/t20-,21+,24+/m0/s1. The van der Waals surface area contributed by atoms with Crippen molar-refractivity contribution in [1.29, 1.82) is 0 Å². The van der Waals surface area contributed by atoms with E-state index in [0.29, 0.717) is 11.6 Å². The van der Waals surface area contributed by atoms with Crippen LogP contribution >= 0.6 is 15.9 Å². The number of sulfonamides is 1. The molecule has 8 heteroatoms. The van der Waals surface area contributed by atoms with Crippen LogP contribution in [0.2, 0.25) is 0 Å². The van der Waals surface area contributed by atoms with Crippen molar-refractivity contribution < 1.29 is 18.3 Å². The van der Waals surface area contributed by atoms with Crippen LogP contribution in [0.15, 0.2) is 88.3 Å². The Morgan fingerprint density at radius 3 is 2.45 bits per heavy atom. The van der Waals surface area contributed by atoms with Gasteiger partial charge in [-0.05, 0) is 78.1 Å². The SMILES string of the molecule is O=C(O)c1ccc(NS(=O)(=O)c2ccc3c(c2)[C@H]2C=CC[C@H]2[C@@H](c2ccc(Br)cc2)N3)cc1. The highest BCUT2D eigenvalue weighted by Gasteiger charge is 2.38. The number of hydrogen-bond acceptors (Lipinski definition) is 4. The van der Waals surface area contributed by atoms with Gasteiger partial charge < -0.3 is 10.4 Å². The molecule has 6 nitrogen and oxygen atoms in total. The molecule has 33 heavy (non-hydrogen) atoms. The molecule has 2 aliphatic rings. The van der Waals surface area contributed by atoms with Gasteiger partial charge >= 0.3 is 5.97 Å². The molecule has 0 aromatic heterocycles. The Balaban J connectivity index is 1.45. The molecule has 5 rings (SSSR count). The summed E-state index contributed by atoms with van der Waals surface area (Å²) in [5.74, 6) is -0.639. The summed E-state index contributed by atoms with van der Waals surface area (Å²) in [6.07, 6.45) is 5.26. The molecule has 3 aromatic rings. The normalized spacial score (nSPS) is 21.1. The largest absolute Gasteiger partial charge is 0.478 e. The average Bonchev–Trinajstić information content (AvgIpc) is 3.29. The summed E-state index contributed by atoms with van der Waals surface area (Å²) in [6, 6.07) is 19.2. The number of aromatic carboxylic acids is 1. The van der Waals surface area contributed by atoms with Crippen LogP contribution in [0.5, 0.6) is 0 Å². The Kier molecular flexibility index (Phi) is 5.50. The number of benzene rings is 3. The number of nitrogens with one attached hydrogen (secondary N) is 2. The van der Waals surface area contributed by atoms with Crippen LogP contribution in [-0.2, 0) is 10.0 Å². The molecule has 1 heterocycles. The molecule has 3 N–H and O–H groups in total. The van der Waals surface area contributed by atoms with E-state index < -0.39 is 16.0 Å². The van der Waals surface area contributed by atoms with Crippen molar-refractivity contribution in [1.82, 2.24) is 0 Å². The second kappa shape index (κ2) is 8.35. The Morgan fingerprint density at radius 2 is 1.76 bits per heavy atom. The highest BCUT2D eigenvalue weighted by molar-refractivity contribution is 9.10. The maximum Gasteiger partial charge on any atom is 0.335 e. The van der Waals surface area contributed by atoms with E-state index in [1.54, 1.807) is 12.1 Å². The molecule has 3 atom stereocenters. The molecular weight excluding hydrogens is 504 g/mol. The fourth-order valence-electron chi connectivity index (χ4n) is 4.63. The molecule has 0 fully saturated rings. The molecule has 0 saturated heterocycles. The predicted molar refractivity (Wildman–Crippen MR) is 131 cm³/mol. The molecule has 0 radical (unpaired) electrons. The summed E-state index contributed by atoms with van der Waals surface area (Å²) in [7, 11) is -3.83. The molecule has 1 aliphatic heterocycles. The number of rotatable bonds is 5. The molecule has 0 amide bonds. The van der Waals surface area contributed by atoms with E-state index in [2.05, 4.69) is 50.3 Å². The summed E-state index contributed by atoms with van der Waals surface area (Å²) in [5.41, 5.74) is 3.50. The van der Waals surface area contributed by atoms with E-state index >= 15 is 0 Å². The highest BCUT2D eigenvalue weighted by atomic mass is 79.9. The van der Waals surface area contributed by atoms with Gasteiger partial charge in [0.1, 0.15) is 0 Å². The first-order valence-corrected chi connectivity index (χ1v) is 12.8. The lowest BCUT2D eigenvalue weighted by molar-refractivity contribution is 0.0697. The minimum absolute atomic E-state index is 0.0946. The van der Waals surface area contributed by atoms with Crippen LogP contribution in [0.25, 0.3) is 0 Å². The molecule has 0 saturated carbocycles. The predicted octanol–water partition coefficient (Wildman–Crippen LogP) is 5.77. The van der Waals surface area contributed by atoms with Gasteiger partial charge in [-0.25, -0.2) is 13.2 Å². The van der Waals surface area contributed by atoms with Crippen LogP contribution in [-0.4, -0.2) is 19.5 Å². The maximum atomic E-state index is 13.0. The van der Waals surface area contributed by atoms with Crippen molar-refractivity contribution in [3.63, 3.8) is 0 Å². The van der Waals surface area contributed by atoms with Crippen LogP contribution in [0, 0.1) is 5.92 Å². The van der Waals surface area contributed by atoms with E-state index in [0.717, 1.165) is 22.1 Å². The van der Waals surface area contributed by atoms with E-state index in [4.69, 9.17) is 5.11 Å². The topological polar surface area (TPSA) is 95.5 Å². The zero-order valence-electron chi connectivity index (χ0n) is 17.4. The number of halogens is 1. The van der Waals surface area contributed by atoms with Crippen molar-refractivity contribution in [3.05, 3.63) is 100 Å². The van der Waals surface area contributed by atoms with E-state index in [1.165, 1.54) is 29.8 Å². The van der Waals surface area contributed by atoms with Crippen molar-refractivity contribution >= 4 is 43.3 Å². The fraction of sp³-hybridized carbons (Fsp3) is 0.160. The zero-order chi connectivity index (χ0) is 23.2. The highest BCUT2D eigenvalue weighted by Crippen LogP contribution is 2.50. The Bertz CT molecular complexity index is 1350. The average molecular weight is 525 g/mol. The molecule has 3 aromatic carbocycles. The second-order valence-electron chi connectivity index (χ2n) is 8.26. The molecule has 0 unspecified atom stereocenters. The number of allylic oxidation sites excluding steroid dienone is 2. The Labute approximate surface area is 200 Å². The van der Waals surface area contributed by atoms with Crippen molar-refractivity contribution in [2.24, 2.45) is 5.92 Å². The van der Waals surface area contributed by atoms with Crippen molar-refractivity contribution in [2.75, 3.05) is 10.0 Å². The Hall–Kier alpha value is -3.10. The van der Waals surface area contributed by atoms with Crippen molar-refractivity contribution in [2.45, 2.75) is 23.3 Å².